The largest absolute Gasteiger partial charge is 0.497 e. The van der Waals surface area contributed by atoms with Gasteiger partial charge in [0.1, 0.15) is 11.9 Å². The van der Waals surface area contributed by atoms with Gasteiger partial charge in [0.15, 0.2) is 0 Å². The zero-order valence-corrected chi connectivity index (χ0v) is 9.55. The van der Waals surface area contributed by atoms with Crippen molar-refractivity contribution >= 4 is 15.9 Å². The number of alkyl halides is 1. The Kier molecular flexibility index (Phi) is 4.35. The lowest BCUT2D eigenvalue weighted by Crippen LogP contribution is -2.04. The molecule has 0 aliphatic rings. The van der Waals surface area contributed by atoms with Gasteiger partial charge in [-0.1, -0.05) is 22.0 Å². The molecule has 1 atom stereocenters. The maximum absolute atomic E-state index is 13.5. The van der Waals surface area contributed by atoms with Crippen LogP contribution in [0.2, 0.25) is 0 Å². The van der Waals surface area contributed by atoms with Crippen molar-refractivity contribution in [3.8, 4) is 5.75 Å². The van der Waals surface area contributed by atoms with Gasteiger partial charge >= 0.3 is 0 Å². The number of benzene rings is 1. The fourth-order valence-electron chi connectivity index (χ4n) is 1.19. The van der Waals surface area contributed by atoms with E-state index in [2.05, 4.69) is 15.9 Å². The second kappa shape index (κ2) is 5.32. The maximum Gasteiger partial charge on any atom is 0.127 e. The molecule has 4 heteroatoms. The summed E-state index contributed by atoms with van der Waals surface area (Å²) in [7, 11) is 1.58. The van der Waals surface area contributed by atoms with Crippen LogP contribution in [0.15, 0.2) is 22.7 Å². The quantitative estimate of drug-likeness (QED) is 0.905. The van der Waals surface area contributed by atoms with Crippen molar-refractivity contribution in [1.82, 2.24) is 0 Å². The summed E-state index contributed by atoms with van der Waals surface area (Å²) >= 11 is 3.30. The lowest BCUT2D eigenvalue weighted by Gasteiger charge is -2.10. The van der Waals surface area contributed by atoms with E-state index in [-0.39, 0.29) is 0 Å². The third kappa shape index (κ3) is 2.69. The number of ether oxygens (including phenoxy) is 1. The van der Waals surface area contributed by atoms with E-state index in [1.807, 2.05) is 0 Å². The third-order valence-electron chi connectivity index (χ3n) is 1.97. The minimum absolute atomic E-state index is 0.338. The van der Waals surface area contributed by atoms with Gasteiger partial charge in [-0.15, -0.1) is 0 Å². The molecule has 1 aromatic rings. The number of methoxy groups -OCH3 is 1. The van der Waals surface area contributed by atoms with Crippen LogP contribution in [-0.2, 0) is 0 Å². The molecule has 2 nitrogen and oxygen atoms in total. The Hall–Kier alpha value is -0.610. The number of halogens is 2. The summed E-state index contributed by atoms with van der Waals surface area (Å²) < 4.78 is 19.2. The summed E-state index contributed by atoms with van der Waals surface area (Å²) in [6.07, 6.45) is -0.675. The average molecular weight is 262 g/mol. The lowest BCUT2D eigenvalue weighted by atomic mass is 10.1. The van der Waals surface area contributed by atoms with Gasteiger partial charge < -0.3 is 10.5 Å². The summed E-state index contributed by atoms with van der Waals surface area (Å²) in [5.41, 5.74) is 5.91. The second-order valence-corrected chi connectivity index (χ2v) is 3.79. The van der Waals surface area contributed by atoms with Crippen LogP contribution in [0.4, 0.5) is 4.39 Å². The highest BCUT2D eigenvalue weighted by Crippen LogP contribution is 2.31. The van der Waals surface area contributed by atoms with Crippen molar-refractivity contribution < 1.29 is 9.13 Å². The van der Waals surface area contributed by atoms with Crippen molar-refractivity contribution in [2.75, 3.05) is 13.7 Å². The predicted octanol–water partition coefficient (Wildman–Crippen LogP) is 2.82. The highest BCUT2D eigenvalue weighted by molar-refractivity contribution is 9.10. The monoisotopic (exact) mass is 261 g/mol. The molecular weight excluding hydrogens is 249 g/mol. The SMILES string of the molecule is COc1ccc(C(F)CCN)c(Br)c1. The Morgan fingerprint density at radius 1 is 1.57 bits per heavy atom. The van der Waals surface area contributed by atoms with Crippen molar-refractivity contribution in [2.45, 2.75) is 12.6 Å². The van der Waals surface area contributed by atoms with E-state index in [1.54, 1.807) is 25.3 Å². The summed E-state index contributed by atoms with van der Waals surface area (Å²) in [5.74, 6) is 0.709. The van der Waals surface area contributed by atoms with Gasteiger partial charge in [0.2, 0.25) is 0 Å². The number of hydrogen-bond donors (Lipinski definition) is 1. The van der Waals surface area contributed by atoms with Crippen LogP contribution in [0, 0.1) is 0 Å². The van der Waals surface area contributed by atoms with Gasteiger partial charge in [-0.2, -0.15) is 0 Å². The van der Waals surface area contributed by atoms with Crippen LogP contribution in [0.3, 0.4) is 0 Å². The van der Waals surface area contributed by atoms with E-state index in [4.69, 9.17) is 10.5 Å². The van der Waals surface area contributed by atoms with Crippen LogP contribution in [0.5, 0.6) is 5.75 Å². The van der Waals surface area contributed by atoms with Crippen LogP contribution in [-0.4, -0.2) is 13.7 Å². The molecule has 0 aromatic heterocycles. The van der Waals surface area contributed by atoms with E-state index in [0.717, 1.165) is 4.47 Å². The van der Waals surface area contributed by atoms with Crippen LogP contribution >= 0.6 is 15.9 Å². The summed E-state index contributed by atoms with van der Waals surface area (Å²) in [6.45, 7) is 0.347. The molecule has 2 N–H and O–H groups in total. The summed E-state index contributed by atoms with van der Waals surface area (Å²) in [6, 6.07) is 5.20. The van der Waals surface area contributed by atoms with Gasteiger partial charge in [0.05, 0.1) is 7.11 Å². The zero-order chi connectivity index (χ0) is 10.6. The Morgan fingerprint density at radius 3 is 2.79 bits per heavy atom. The first-order chi connectivity index (χ1) is 6.69. The molecule has 0 saturated heterocycles. The van der Waals surface area contributed by atoms with Crippen LogP contribution < -0.4 is 10.5 Å². The van der Waals surface area contributed by atoms with E-state index in [9.17, 15) is 4.39 Å². The molecule has 78 valence electrons. The standard InChI is InChI=1S/C10H13BrFNO/c1-14-7-2-3-8(9(11)6-7)10(12)4-5-13/h2-3,6,10H,4-5,13H2,1H3. The van der Waals surface area contributed by atoms with E-state index in [1.165, 1.54) is 0 Å². The van der Waals surface area contributed by atoms with E-state index < -0.39 is 6.17 Å². The molecular formula is C10H13BrFNO. The molecule has 1 aromatic carbocycles. The Labute approximate surface area is 91.4 Å². The molecule has 0 bridgehead atoms. The molecule has 0 fully saturated rings. The normalized spacial score (nSPS) is 12.6. The summed E-state index contributed by atoms with van der Waals surface area (Å²) in [4.78, 5) is 0. The van der Waals surface area contributed by atoms with Gasteiger partial charge in [-0.25, -0.2) is 4.39 Å². The van der Waals surface area contributed by atoms with Gasteiger partial charge in [0.25, 0.3) is 0 Å². The third-order valence-corrected chi connectivity index (χ3v) is 2.65. The maximum atomic E-state index is 13.5. The molecule has 0 aliphatic heterocycles. The van der Waals surface area contributed by atoms with Crippen molar-refractivity contribution in [3.63, 3.8) is 0 Å². The fraction of sp³-hybridized carbons (Fsp3) is 0.400. The Balaban J connectivity index is 2.88. The molecule has 0 saturated carbocycles. The topological polar surface area (TPSA) is 35.2 Å². The Morgan fingerprint density at radius 2 is 2.29 bits per heavy atom. The molecule has 0 radical (unpaired) electrons. The zero-order valence-electron chi connectivity index (χ0n) is 7.97. The van der Waals surface area contributed by atoms with Gasteiger partial charge in [-0.05, 0) is 25.1 Å². The highest BCUT2D eigenvalue weighted by Gasteiger charge is 2.12. The Bertz CT molecular complexity index is 306. The molecule has 0 spiro atoms. The second-order valence-electron chi connectivity index (χ2n) is 2.93. The molecule has 0 amide bonds. The number of rotatable bonds is 4. The first-order valence-corrected chi connectivity index (χ1v) is 5.16. The van der Waals surface area contributed by atoms with Gasteiger partial charge in [-0.3, -0.25) is 0 Å². The van der Waals surface area contributed by atoms with Crippen LogP contribution in [0.1, 0.15) is 18.2 Å². The minimum atomic E-state index is -1.01. The minimum Gasteiger partial charge on any atom is -0.497 e. The number of hydrogen-bond acceptors (Lipinski definition) is 2. The number of nitrogens with two attached hydrogens (primary N) is 1. The van der Waals surface area contributed by atoms with E-state index in [0.29, 0.717) is 24.3 Å². The summed E-state index contributed by atoms with van der Waals surface area (Å²) in [5, 5.41) is 0. The van der Waals surface area contributed by atoms with Crippen molar-refractivity contribution in [3.05, 3.63) is 28.2 Å². The lowest BCUT2D eigenvalue weighted by molar-refractivity contribution is 0.326. The van der Waals surface area contributed by atoms with Crippen molar-refractivity contribution in [1.29, 1.82) is 0 Å². The molecule has 0 heterocycles. The molecule has 1 unspecified atom stereocenters. The smallest absolute Gasteiger partial charge is 0.127 e. The average Bonchev–Trinajstić information content (AvgIpc) is 2.17. The van der Waals surface area contributed by atoms with Crippen molar-refractivity contribution in [2.24, 2.45) is 5.73 Å². The molecule has 1 rings (SSSR count). The van der Waals surface area contributed by atoms with Gasteiger partial charge in [0, 0.05) is 10.0 Å². The van der Waals surface area contributed by atoms with Crippen LogP contribution in [0.25, 0.3) is 0 Å². The first-order valence-electron chi connectivity index (χ1n) is 4.36. The first kappa shape index (κ1) is 11.5. The highest BCUT2D eigenvalue weighted by atomic mass is 79.9. The predicted molar refractivity (Wildman–Crippen MR) is 58.2 cm³/mol. The fourth-order valence-corrected chi connectivity index (χ4v) is 1.80. The molecule has 0 aliphatic carbocycles. The molecule has 14 heavy (non-hydrogen) atoms. The van der Waals surface area contributed by atoms with E-state index >= 15 is 0 Å².